The van der Waals surface area contributed by atoms with Gasteiger partial charge in [-0.3, -0.25) is 24.0 Å². The molecule has 12 nitrogen and oxygen atoms in total. The SMILES string of the molecule is CC(C)C(=O)Nc1cc(Cl)cc(COc2c(Cl)cc(C(=O)NCC(=O)O)cc2Cl)c1F.CC(C)C(=O)Nc1cc(Cl)cc(COc2c(Cl)cc(CC(=O)O)cc2Cl)c1F. The highest BCUT2D eigenvalue weighted by Crippen LogP contribution is 2.37. The van der Waals surface area contributed by atoms with Gasteiger partial charge in [-0.2, -0.15) is 0 Å². The molecule has 0 aliphatic carbocycles. The van der Waals surface area contributed by atoms with Gasteiger partial charge in [-0.15, -0.1) is 0 Å². The fourth-order valence-corrected chi connectivity index (χ4v) is 6.37. The van der Waals surface area contributed by atoms with Crippen molar-refractivity contribution in [1.82, 2.24) is 5.32 Å². The summed E-state index contributed by atoms with van der Waals surface area (Å²) in [5.74, 6) is -5.69. The van der Waals surface area contributed by atoms with Crippen LogP contribution in [0.4, 0.5) is 20.2 Å². The number of benzene rings is 4. The van der Waals surface area contributed by atoms with E-state index in [1.165, 1.54) is 48.5 Å². The van der Waals surface area contributed by atoms with Gasteiger partial charge < -0.3 is 35.6 Å². The molecule has 0 heterocycles. The predicted octanol–water partition coefficient (Wildman–Crippen LogP) is 10.4. The first kappa shape index (κ1) is 48.8. The number of carboxylic acids is 2. The van der Waals surface area contributed by atoms with E-state index < -0.39 is 36.0 Å². The van der Waals surface area contributed by atoms with E-state index >= 15 is 0 Å². The molecule has 5 N–H and O–H groups in total. The highest BCUT2D eigenvalue weighted by Gasteiger charge is 2.20. The van der Waals surface area contributed by atoms with Crippen molar-refractivity contribution in [2.24, 2.45) is 11.8 Å². The quantitative estimate of drug-likeness (QED) is 0.0775. The number of carbonyl (C=O) groups excluding carboxylic acids is 3. The molecular weight excluding hydrogens is 905 g/mol. The Labute approximate surface area is 367 Å². The number of carboxylic acid groups (broad SMARTS) is 2. The van der Waals surface area contributed by atoms with Gasteiger partial charge in [-0.05, 0) is 54.1 Å². The maximum atomic E-state index is 14.8. The number of aliphatic carboxylic acids is 2. The number of hydrogen-bond acceptors (Lipinski definition) is 7. The number of hydrogen-bond donors (Lipinski definition) is 5. The number of anilines is 2. The summed E-state index contributed by atoms with van der Waals surface area (Å²) in [6.07, 6.45) is -0.248. The first-order valence-corrected chi connectivity index (χ1v) is 19.4. The Bertz CT molecular complexity index is 2210. The van der Waals surface area contributed by atoms with Crippen molar-refractivity contribution in [3.8, 4) is 11.5 Å². The minimum atomic E-state index is -1.21. The zero-order valence-corrected chi connectivity index (χ0v) is 35.9. The summed E-state index contributed by atoms with van der Waals surface area (Å²) in [7, 11) is 0. The normalized spacial score (nSPS) is 10.7. The van der Waals surface area contributed by atoms with Gasteiger partial charge in [0.25, 0.3) is 5.91 Å². The molecule has 0 unspecified atom stereocenters. The van der Waals surface area contributed by atoms with Crippen LogP contribution in [0.5, 0.6) is 11.5 Å². The zero-order chi connectivity index (χ0) is 44.3. The number of amides is 3. The van der Waals surface area contributed by atoms with Crippen molar-refractivity contribution >= 4 is 111 Å². The van der Waals surface area contributed by atoms with Crippen molar-refractivity contribution in [1.29, 1.82) is 0 Å². The Morgan fingerprint density at radius 1 is 0.610 bits per heavy atom. The highest BCUT2D eigenvalue weighted by atomic mass is 35.5. The van der Waals surface area contributed by atoms with Crippen LogP contribution in [0, 0.1) is 23.5 Å². The van der Waals surface area contributed by atoms with Crippen molar-refractivity contribution in [3.63, 3.8) is 0 Å². The molecule has 4 aromatic carbocycles. The maximum Gasteiger partial charge on any atom is 0.322 e. The number of ether oxygens (including phenoxy) is 2. The molecule has 0 bridgehead atoms. The lowest BCUT2D eigenvalue weighted by molar-refractivity contribution is -0.137. The van der Waals surface area contributed by atoms with Gasteiger partial charge >= 0.3 is 11.9 Å². The summed E-state index contributed by atoms with van der Waals surface area (Å²) >= 11 is 36.5. The van der Waals surface area contributed by atoms with Crippen LogP contribution >= 0.6 is 69.6 Å². The lowest BCUT2D eigenvalue weighted by Crippen LogP contribution is -2.29. The molecule has 0 atom stereocenters. The minimum Gasteiger partial charge on any atom is -0.486 e. The summed E-state index contributed by atoms with van der Waals surface area (Å²) in [5.41, 5.74) is 0.417. The molecule has 4 rings (SSSR count). The Balaban J connectivity index is 0.000000317. The Hall–Kier alpha value is -4.57. The van der Waals surface area contributed by atoms with E-state index in [0.29, 0.717) is 5.56 Å². The first-order valence-electron chi connectivity index (χ1n) is 17.1. The standard InChI is InChI=1S/C20H18Cl3FN2O5.C19H17Cl3FNO4/c1-9(2)19(29)26-15-6-12(21)3-11(17(15)24)8-31-18-13(22)4-10(5-14(18)23)20(30)25-7-16(27)28;1-9(2)19(27)24-15-7-12(20)6-11(17(15)23)8-28-18-13(21)3-10(4-14(18)22)5-16(25)26/h3-6,9H,7-8H2,1-2H3,(H,25,30)(H,26,29)(H,27,28);3-4,6-7,9H,5,8H2,1-2H3,(H,24,27)(H,25,26). The zero-order valence-electron chi connectivity index (χ0n) is 31.4. The van der Waals surface area contributed by atoms with Crippen molar-refractivity contribution in [2.45, 2.75) is 47.3 Å². The molecule has 316 valence electrons. The van der Waals surface area contributed by atoms with Crippen LogP contribution in [0.3, 0.4) is 0 Å². The minimum absolute atomic E-state index is 0.00902. The summed E-state index contributed by atoms with van der Waals surface area (Å²) in [4.78, 5) is 57.0. The van der Waals surface area contributed by atoms with E-state index in [4.69, 9.17) is 89.3 Å². The Morgan fingerprint density at radius 2 is 1.00 bits per heavy atom. The van der Waals surface area contributed by atoms with Gasteiger partial charge in [0, 0.05) is 38.6 Å². The monoisotopic (exact) mass is 937 g/mol. The summed E-state index contributed by atoms with van der Waals surface area (Å²) < 4.78 is 40.5. The van der Waals surface area contributed by atoms with Gasteiger partial charge in [-0.25, -0.2) is 8.78 Å². The molecule has 0 aliphatic rings. The van der Waals surface area contributed by atoms with E-state index in [9.17, 15) is 32.8 Å². The first-order chi connectivity index (χ1) is 27.6. The smallest absolute Gasteiger partial charge is 0.322 e. The van der Waals surface area contributed by atoms with E-state index in [1.807, 2.05) is 0 Å². The van der Waals surface area contributed by atoms with Gasteiger partial charge in [0.2, 0.25) is 11.8 Å². The molecule has 4 aromatic rings. The summed E-state index contributed by atoms with van der Waals surface area (Å²) in [6.45, 7) is 5.54. The molecule has 0 radical (unpaired) electrons. The molecule has 20 heteroatoms. The van der Waals surface area contributed by atoms with Crippen LogP contribution in [-0.2, 0) is 38.8 Å². The second-order valence-corrected chi connectivity index (χ2v) is 15.5. The third-order valence-electron chi connectivity index (χ3n) is 7.61. The number of rotatable bonds is 15. The molecule has 0 aliphatic heterocycles. The Morgan fingerprint density at radius 3 is 1.36 bits per heavy atom. The lowest BCUT2D eigenvalue weighted by Gasteiger charge is -2.15. The number of nitrogens with one attached hydrogen (secondary N) is 3. The van der Waals surface area contributed by atoms with E-state index in [-0.39, 0.29) is 113 Å². The summed E-state index contributed by atoms with van der Waals surface area (Å²) in [6, 6.07) is 10.6. The second kappa shape index (κ2) is 22.2. The molecule has 3 amide bonds. The van der Waals surface area contributed by atoms with E-state index in [2.05, 4.69) is 16.0 Å². The van der Waals surface area contributed by atoms with Crippen LogP contribution in [0.25, 0.3) is 0 Å². The van der Waals surface area contributed by atoms with Crippen molar-refractivity contribution in [3.05, 3.63) is 113 Å². The largest absolute Gasteiger partial charge is 0.486 e. The van der Waals surface area contributed by atoms with Gasteiger partial charge in [0.1, 0.15) is 19.8 Å². The molecule has 0 saturated heterocycles. The molecule has 59 heavy (non-hydrogen) atoms. The topological polar surface area (TPSA) is 180 Å². The third-order valence-corrected chi connectivity index (χ3v) is 9.17. The van der Waals surface area contributed by atoms with Crippen LogP contribution < -0.4 is 25.4 Å². The number of halogens is 8. The molecule has 0 spiro atoms. The average molecular weight is 940 g/mol. The summed E-state index contributed by atoms with van der Waals surface area (Å²) in [5, 5.41) is 25.1. The Kier molecular flexibility index (Phi) is 18.3. The predicted molar refractivity (Wildman–Crippen MR) is 223 cm³/mol. The number of carbonyl (C=O) groups is 5. The molecule has 0 fully saturated rings. The molecular formula is C39H35Cl6F2N3O9. The third kappa shape index (κ3) is 14.6. The van der Waals surface area contributed by atoms with E-state index in [1.54, 1.807) is 27.7 Å². The van der Waals surface area contributed by atoms with Crippen molar-refractivity contribution < 1.29 is 52.4 Å². The van der Waals surface area contributed by atoms with Gasteiger partial charge in [0.15, 0.2) is 23.1 Å². The van der Waals surface area contributed by atoms with Crippen molar-refractivity contribution in [2.75, 3.05) is 17.2 Å². The van der Waals surface area contributed by atoms with Gasteiger partial charge in [-0.1, -0.05) is 97.3 Å². The van der Waals surface area contributed by atoms with Crippen LogP contribution in [0.1, 0.15) is 54.7 Å². The van der Waals surface area contributed by atoms with Crippen LogP contribution in [0.2, 0.25) is 30.1 Å². The highest BCUT2D eigenvalue weighted by molar-refractivity contribution is 6.38. The molecule has 0 saturated carbocycles. The lowest BCUT2D eigenvalue weighted by atomic mass is 10.1. The average Bonchev–Trinajstić information content (AvgIpc) is 3.13. The van der Waals surface area contributed by atoms with Crippen LogP contribution in [0.15, 0.2) is 48.5 Å². The fraction of sp³-hybridized carbons (Fsp3) is 0.256. The molecule has 0 aromatic heterocycles. The maximum absolute atomic E-state index is 14.8. The second-order valence-electron chi connectivity index (χ2n) is 13.0. The van der Waals surface area contributed by atoms with Crippen LogP contribution in [-0.4, -0.2) is 46.4 Å². The van der Waals surface area contributed by atoms with E-state index in [0.717, 1.165) is 0 Å². The fourth-order valence-electron chi connectivity index (χ4n) is 4.65. The van der Waals surface area contributed by atoms with Gasteiger partial charge in [0.05, 0.1) is 37.9 Å².